The largest absolute Gasteiger partial charge is 0.465 e. The van der Waals surface area contributed by atoms with Crippen LogP contribution in [0, 0.1) is 5.41 Å². The Kier molecular flexibility index (Phi) is 4.24. The lowest BCUT2D eigenvalue weighted by Gasteiger charge is -2.17. The summed E-state index contributed by atoms with van der Waals surface area (Å²) in [5.74, 6) is -0.333. The molecule has 0 aromatic rings. The lowest BCUT2D eigenvalue weighted by atomic mass is 9.99. The predicted molar refractivity (Wildman–Crippen MR) is 46.7 cm³/mol. The lowest BCUT2D eigenvalue weighted by molar-refractivity contribution is -0.148. The third kappa shape index (κ3) is 7.54. The average molecular weight is 174 g/mol. The van der Waals surface area contributed by atoms with Crippen LogP contribution in [0.3, 0.4) is 0 Å². The number of aliphatic hydroxyl groups is 1. The van der Waals surface area contributed by atoms with Gasteiger partial charge in [-0.25, -0.2) is 0 Å². The van der Waals surface area contributed by atoms with Crippen LogP contribution in [-0.2, 0) is 9.53 Å². The maximum atomic E-state index is 10.9. The molecule has 0 saturated carbocycles. The van der Waals surface area contributed by atoms with Crippen molar-refractivity contribution >= 4 is 5.97 Å². The summed E-state index contributed by atoms with van der Waals surface area (Å²) in [6.07, 6.45) is -0.534. The van der Waals surface area contributed by atoms with Gasteiger partial charge in [0.05, 0.1) is 19.1 Å². The molecule has 1 atom stereocenters. The zero-order valence-electron chi connectivity index (χ0n) is 8.26. The first-order valence-corrected chi connectivity index (χ1v) is 4.15. The van der Waals surface area contributed by atoms with Crippen molar-refractivity contribution in [3.63, 3.8) is 0 Å². The number of ether oxygens (including phenoxy) is 1. The first kappa shape index (κ1) is 11.4. The Morgan fingerprint density at radius 2 is 2.00 bits per heavy atom. The Hall–Kier alpha value is -0.570. The van der Waals surface area contributed by atoms with Gasteiger partial charge in [0.1, 0.15) is 0 Å². The minimum atomic E-state index is -0.613. The molecule has 0 spiro atoms. The molecule has 0 aliphatic heterocycles. The van der Waals surface area contributed by atoms with Crippen molar-refractivity contribution < 1.29 is 14.6 Å². The summed E-state index contributed by atoms with van der Waals surface area (Å²) in [6.45, 7) is 7.94. The van der Waals surface area contributed by atoms with E-state index in [2.05, 4.69) is 0 Å². The van der Waals surface area contributed by atoms with Crippen LogP contribution in [-0.4, -0.2) is 23.8 Å². The number of hydrogen-bond acceptors (Lipinski definition) is 3. The summed E-state index contributed by atoms with van der Waals surface area (Å²) in [5.41, 5.74) is -0.00560. The average Bonchev–Trinajstić information content (AvgIpc) is 1.80. The van der Waals surface area contributed by atoms with Gasteiger partial charge >= 0.3 is 5.97 Å². The van der Waals surface area contributed by atoms with Gasteiger partial charge in [-0.15, -0.1) is 0 Å². The molecule has 0 radical (unpaired) electrons. The Bertz CT molecular complexity index is 144. The first-order valence-electron chi connectivity index (χ1n) is 4.15. The molecule has 0 saturated heterocycles. The molecule has 3 heteroatoms. The normalized spacial score (nSPS) is 14.1. The molecule has 0 aromatic heterocycles. The van der Waals surface area contributed by atoms with Crippen molar-refractivity contribution in [3.05, 3.63) is 0 Å². The Balaban J connectivity index is 3.58. The molecule has 0 bridgehead atoms. The van der Waals surface area contributed by atoms with Crippen molar-refractivity contribution in [3.8, 4) is 0 Å². The zero-order valence-corrected chi connectivity index (χ0v) is 8.26. The van der Waals surface area contributed by atoms with E-state index in [1.54, 1.807) is 6.92 Å². The Morgan fingerprint density at radius 3 is 2.33 bits per heavy atom. The van der Waals surface area contributed by atoms with Crippen molar-refractivity contribution in [2.75, 3.05) is 6.61 Å². The molecule has 3 nitrogen and oxygen atoms in total. The van der Waals surface area contributed by atoms with Crippen LogP contribution in [0.5, 0.6) is 0 Å². The molecule has 0 aliphatic carbocycles. The summed E-state index contributed by atoms with van der Waals surface area (Å²) < 4.78 is 4.92. The molecule has 1 N–H and O–H groups in total. The molecule has 0 fully saturated rings. The molecule has 0 amide bonds. The van der Waals surface area contributed by atoms with Gasteiger partial charge in [0.2, 0.25) is 0 Å². The van der Waals surface area contributed by atoms with E-state index < -0.39 is 6.10 Å². The summed E-state index contributed by atoms with van der Waals surface area (Å²) in [7, 11) is 0. The van der Waals surface area contributed by atoms with Crippen LogP contribution in [0.2, 0.25) is 0 Å². The van der Waals surface area contributed by atoms with Crippen molar-refractivity contribution in [1.29, 1.82) is 0 Å². The summed E-state index contributed by atoms with van der Waals surface area (Å²) in [4.78, 5) is 10.9. The van der Waals surface area contributed by atoms with Gasteiger partial charge in [-0.1, -0.05) is 20.8 Å². The van der Waals surface area contributed by atoms with E-state index >= 15 is 0 Å². The van der Waals surface area contributed by atoms with E-state index in [4.69, 9.17) is 9.84 Å². The molecular weight excluding hydrogens is 156 g/mol. The third-order valence-corrected chi connectivity index (χ3v) is 1.13. The lowest BCUT2D eigenvalue weighted by Crippen LogP contribution is -2.20. The Morgan fingerprint density at radius 1 is 1.50 bits per heavy atom. The summed E-state index contributed by atoms with van der Waals surface area (Å²) >= 11 is 0. The summed E-state index contributed by atoms with van der Waals surface area (Å²) in [5, 5.41) is 8.85. The molecule has 12 heavy (non-hydrogen) atoms. The van der Waals surface area contributed by atoms with Gasteiger partial charge in [-0.3, -0.25) is 4.79 Å². The number of esters is 1. The molecular formula is C9H18O3. The van der Waals surface area contributed by atoms with Crippen molar-refractivity contribution in [2.45, 2.75) is 40.2 Å². The van der Waals surface area contributed by atoms with E-state index in [-0.39, 0.29) is 17.8 Å². The van der Waals surface area contributed by atoms with Gasteiger partial charge in [0, 0.05) is 0 Å². The molecule has 72 valence electrons. The number of rotatable bonds is 3. The van der Waals surface area contributed by atoms with E-state index in [1.807, 2.05) is 20.8 Å². The maximum Gasteiger partial charge on any atom is 0.308 e. The highest BCUT2D eigenvalue weighted by molar-refractivity contribution is 5.69. The van der Waals surface area contributed by atoms with E-state index in [0.717, 1.165) is 0 Å². The molecule has 0 aliphatic rings. The van der Waals surface area contributed by atoms with Crippen LogP contribution in [0.25, 0.3) is 0 Å². The monoisotopic (exact) mass is 174 g/mol. The fourth-order valence-corrected chi connectivity index (χ4v) is 0.597. The number of carbonyl (C=O) groups excluding carboxylic acids is 1. The zero-order chi connectivity index (χ0) is 9.78. The second-order valence-electron chi connectivity index (χ2n) is 4.27. The maximum absolute atomic E-state index is 10.9. The number of carbonyl (C=O) groups is 1. The minimum absolute atomic E-state index is 0.00560. The number of aliphatic hydroxyl groups excluding tert-OH is 1. The topological polar surface area (TPSA) is 46.5 Å². The quantitative estimate of drug-likeness (QED) is 0.657. The van der Waals surface area contributed by atoms with Gasteiger partial charge in [-0.05, 0) is 12.3 Å². The third-order valence-electron chi connectivity index (χ3n) is 1.13. The second kappa shape index (κ2) is 4.45. The smallest absolute Gasteiger partial charge is 0.308 e. The minimum Gasteiger partial charge on any atom is -0.465 e. The van der Waals surface area contributed by atoms with Crippen LogP contribution in [0.4, 0.5) is 0 Å². The highest BCUT2D eigenvalue weighted by Gasteiger charge is 2.14. The van der Waals surface area contributed by atoms with E-state index in [1.165, 1.54) is 0 Å². The predicted octanol–water partition coefficient (Wildman–Crippen LogP) is 1.35. The highest BCUT2D eigenvalue weighted by atomic mass is 16.5. The van der Waals surface area contributed by atoms with Crippen molar-refractivity contribution in [2.24, 2.45) is 5.41 Å². The SMILES string of the molecule is C[C@H](O)CC(=O)OCC(C)(C)C. The van der Waals surface area contributed by atoms with Gasteiger partial charge < -0.3 is 9.84 Å². The molecule has 0 heterocycles. The van der Waals surface area contributed by atoms with Crippen LogP contribution in [0.15, 0.2) is 0 Å². The Labute approximate surface area is 73.7 Å². The molecule has 0 rings (SSSR count). The van der Waals surface area contributed by atoms with E-state index in [0.29, 0.717) is 6.61 Å². The van der Waals surface area contributed by atoms with Crippen molar-refractivity contribution in [1.82, 2.24) is 0 Å². The van der Waals surface area contributed by atoms with Gasteiger partial charge in [-0.2, -0.15) is 0 Å². The standard InChI is InChI=1S/C9H18O3/c1-7(10)5-8(11)12-6-9(2,3)4/h7,10H,5-6H2,1-4H3/t7-/m0/s1. The van der Waals surface area contributed by atoms with E-state index in [9.17, 15) is 4.79 Å². The van der Waals surface area contributed by atoms with Crippen LogP contribution in [0.1, 0.15) is 34.1 Å². The second-order valence-corrected chi connectivity index (χ2v) is 4.27. The summed E-state index contributed by atoms with van der Waals surface area (Å²) in [6, 6.07) is 0. The fourth-order valence-electron chi connectivity index (χ4n) is 0.597. The van der Waals surface area contributed by atoms with Gasteiger partial charge in [0.15, 0.2) is 0 Å². The van der Waals surface area contributed by atoms with Gasteiger partial charge in [0.25, 0.3) is 0 Å². The fraction of sp³-hybridized carbons (Fsp3) is 0.889. The van der Waals surface area contributed by atoms with Crippen LogP contribution >= 0.6 is 0 Å². The van der Waals surface area contributed by atoms with Crippen LogP contribution < -0.4 is 0 Å². The highest BCUT2D eigenvalue weighted by Crippen LogP contribution is 2.13. The first-order chi connectivity index (χ1) is 5.31. The molecule has 0 unspecified atom stereocenters. The molecule has 0 aromatic carbocycles. The number of hydrogen-bond donors (Lipinski definition) is 1.